The average molecular weight is 218 g/mol. The van der Waals surface area contributed by atoms with Crippen molar-refractivity contribution in [2.24, 2.45) is 4.99 Å². The molecule has 1 aliphatic rings. The summed E-state index contributed by atoms with van der Waals surface area (Å²) in [6.45, 7) is 0.837. The van der Waals surface area contributed by atoms with Crippen LogP contribution in [-0.2, 0) is 0 Å². The van der Waals surface area contributed by atoms with Crippen LogP contribution in [0.5, 0.6) is 0 Å². The SMILES string of the molecule is Fc1cccc2cnn(NC3=NCCC3)c12. The summed E-state index contributed by atoms with van der Waals surface area (Å²) in [7, 11) is 0. The van der Waals surface area contributed by atoms with Crippen LogP contribution in [0.15, 0.2) is 29.4 Å². The number of hydrogen-bond acceptors (Lipinski definition) is 3. The van der Waals surface area contributed by atoms with Crippen molar-refractivity contribution < 1.29 is 4.39 Å². The van der Waals surface area contributed by atoms with E-state index < -0.39 is 0 Å². The van der Waals surface area contributed by atoms with Crippen LogP contribution >= 0.6 is 0 Å². The van der Waals surface area contributed by atoms with Crippen LogP contribution in [0, 0.1) is 5.82 Å². The van der Waals surface area contributed by atoms with E-state index >= 15 is 0 Å². The Labute approximate surface area is 91.8 Å². The Bertz CT molecular complexity index is 558. The third kappa shape index (κ3) is 1.44. The highest BCUT2D eigenvalue weighted by atomic mass is 19.1. The van der Waals surface area contributed by atoms with Crippen LogP contribution in [0.4, 0.5) is 4.39 Å². The molecule has 1 N–H and O–H groups in total. The second-order valence-corrected chi connectivity index (χ2v) is 3.78. The predicted octanol–water partition coefficient (Wildman–Crippen LogP) is 1.91. The van der Waals surface area contributed by atoms with Gasteiger partial charge in [0.05, 0.1) is 6.20 Å². The maximum absolute atomic E-state index is 13.6. The lowest BCUT2D eigenvalue weighted by Crippen LogP contribution is -2.22. The maximum Gasteiger partial charge on any atom is 0.151 e. The largest absolute Gasteiger partial charge is 0.271 e. The Kier molecular flexibility index (Phi) is 2.09. The number of nitrogens with one attached hydrogen (secondary N) is 1. The average Bonchev–Trinajstić information content (AvgIpc) is 2.90. The van der Waals surface area contributed by atoms with Gasteiger partial charge in [0.25, 0.3) is 0 Å². The van der Waals surface area contributed by atoms with Gasteiger partial charge in [-0.05, 0) is 12.5 Å². The molecule has 1 aromatic carbocycles. The summed E-state index contributed by atoms with van der Waals surface area (Å²) in [4.78, 5) is 5.72. The van der Waals surface area contributed by atoms with E-state index in [9.17, 15) is 4.39 Å². The summed E-state index contributed by atoms with van der Waals surface area (Å²) in [6, 6.07) is 4.94. The number of para-hydroxylation sites is 1. The minimum atomic E-state index is -0.277. The van der Waals surface area contributed by atoms with Gasteiger partial charge in [-0.25, -0.2) is 4.39 Å². The predicted molar refractivity (Wildman–Crippen MR) is 60.6 cm³/mol. The summed E-state index contributed by atoms with van der Waals surface area (Å²) in [6.07, 6.45) is 3.58. The van der Waals surface area contributed by atoms with E-state index in [1.54, 1.807) is 12.3 Å². The van der Waals surface area contributed by atoms with Gasteiger partial charge in [0.2, 0.25) is 0 Å². The van der Waals surface area contributed by atoms with Gasteiger partial charge in [-0.1, -0.05) is 12.1 Å². The van der Waals surface area contributed by atoms with E-state index in [1.165, 1.54) is 10.9 Å². The number of rotatable bonds is 1. The molecular formula is C11H11FN4. The van der Waals surface area contributed by atoms with E-state index in [1.807, 2.05) is 6.07 Å². The Morgan fingerprint density at radius 3 is 3.12 bits per heavy atom. The molecular weight excluding hydrogens is 207 g/mol. The first-order valence-corrected chi connectivity index (χ1v) is 5.27. The minimum absolute atomic E-state index is 0.277. The molecule has 2 aromatic rings. The lowest BCUT2D eigenvalue weighted by Gasteiger charge is -2.06. The van der Waals surface area contributed by atoms with Gasteiger partial charge >= 0.3 is 0 Å². The lowest BCUT2D eigenvalue weighted by molar-refractivity contribution is 0.629. The van der Waals surface area contributed by atoms with Crippen molar-refractivity contribution in [1.82, 2.24) is 9.89 Å². The summed E-state index contributed by atoms with van der Waals surface area (Å²) >= 11 is 0. The zero-order valence-corrected chi connectivity index (χ0v) is 8.65. The molecule has 0 aliphatic carbocycles. The summed E-state index contributed by atoms with van der Waals surface area (Å²) in [5, 5.41) is 4.89. The first-order chi connectivity index (χ1) is 7.84. The number of nitrogens with zero attached hydrogens (tertiary/aromatic N) is 3. The molecule has 16 heavy (non-hydrogen) atoms. The number of aliphatic imine (C=N–C) groups is 1. The highest BCUT2D eigenvalue weighted by Crippen LogP contribution is 2.16. The summed E-state index contributed by atoms with van der Waals surface area (Å²) in [5.41, 5.74) is 3.49. The van der Waals surface area contributed by atoms with Crippen LogP contribution in [0.2, 0.25) is 0 Å². The van der Waals surface area contributed by atoms with Gasteiger partial charge in [-0.3, -0.25) is 10.4 Å². The molecule has 1 aliphatic heterocycles. The van der Waals surface area contributed by atoms with Crippen molar-refractivity contribution >= 4 is 16.7 Å². The van der Waals surface area contributed by atoms with Gasteiger partial charge in [0.1, 0.15) is 11.4 Å². The molecule has 0 radical (unpaired) electrons. The molecule has 0 fully saturated rings. The van der Waals surface area contributed by atoms with Crippen molar-refractivity contribution in [3.05, 3.63) is 30.2 Å². The number of amidine groups is 1. The number of hydrogen-bond donors (Lipinski definition) is 1. The Morgan fingerprint density at radius 2 is 2.31 bits per heavy atom. The Balaban J connectivity index is 2.03. The third-order valence-electron chi connectivity index (χ3n) is 2.65. The van der Waals surface area contributed by atoms with Gasteiger partial charge in [0.15, 0.2) is 5.82 Å². The van der Waals surface area contributed by atoms with Crippen LogP contribution in [0.25, 0.3) is 10.9 Å². The monoisotopic (exact) mass is 218 g/mol. The molecule has 3 rings (SSSR count). The Hall–Kier alpha value is -1.91. The minimum Gasteiger partial charge on any atom is -0.271 e. The zero-order chi connectivity index (χ0) is 11.0. The normalized spacial score (nSPS) is 15.4. The van der Waals surface area contributed by atoms with E-state index in [4.69, 9.17) is 0 Å². The second kappa shape index (κ2) is 3.59. The zero-order valence-electron chi connectivity index (χ0n) is 8.65. The molecule has 82 valence electrons. The fraction of sp³-hybridized carbons (Fsp3) is 0.273. The molecule has 0 atom stereocenters. The molecule has 1 aromatic heterocycles. The van der Waals surface area contributed by atoms with E-state index in [2.05, 4.69) is 15.5 Å². The topological polar surface area (TPSA) is 42.2 Å². The standard InChI is InChI=1S/C11H11FN4/c12-9-4-1-3-8-7-14-16(11(8)9)15-10-5-2-6-13-10/h1,3-4,7H,2,5-6H2,(H,13,15). The summed E-state index contributed by atoms with van der Waals surface area (Å²) in [5.74, 6) is 0.592. The molecule has 0 saturated heterocycles. The van der Waals surface area contributed by atoms with E-state index in [-0.39, 0.29) is 5.82 Å². The van der Waals surface area contributed by atoms with Gasteiger partial charge < -0.3 is 0 Å². The molecule has 0 saturated carbocycles. The Morgan fingerprint density at radius 1 is 1.38 bits per heavy atom. The van der Waals surface area contributed by atoms with E-state index in [0.29, 0.717) is 5.52 Å². The van der Waals surface area contributed by atoms with Crippen LogP contribution in [0.3, 0.4) is 0 Å². The molecule has 2 heterocycles. The molecule has 5 heteroatoms. The number of aromatic nitrogens is 2. The lowest BCUT2D eigenvalue weighted by atomic mass is 10.2. The van der Waals surface area contributed by atoms with E-state index in [0.717, 1.165) is 30.6 Å². The molecule has 0 spiro atoms. The number of benzene rings is 1. The van der Waals surface area contributed by atoms with Gasteiger partial charge in [0, 0.05) is 18.4 Å². The maximum atomic E-state index is 13.6. The smallest absolute Gasteiger partial charge is 0.151 e. The summed E-state index contributed by atoms with van der Waals surface area (Å²) < 4.78 is 13.6. The highest BCUT2D eigenvalue weighted by Gasteiger charge is 2.11. The fourth-order valence-corrected chi connectivity index (χ4v) is 1.88. The second-order valence-electron chi connectivity index (χ2n) is 3.78. The molecule has 0 amide bonds. The first-order valence-electron chi connectivity index (χ1n) is 5.27. The van der Waals surface area contributed by atoms with Gasteiger partial charge in [-0.2, -0.15) is 9.89 Å². The third-order valence-corrected chi connectivity index (χ3v) is 2.65. The van der Waals surface area contributed by atoms with Crippen LogP contribution in [0.1, 0.15) is 12.8 Å². The number of fused-ring (bicyclic) bond motifs is 1. The fourth-order valence-electron chi connectivity index (χ4n) is 1.88. The first kappa shape index (κ1) is 9.33. The van der Waals surface area contributed by atoms with Crippen molar-refractivity contribution in [3.63, 3.8) is 0 Å². The van der Waals surface area contributed by atoms with Crippen LogP contribution in [-0.4, -0.2) is 22.3 Å². The highest BCUT2D eigenvalue weighted by molar-refractivity contribution is 5.92. The van der Waals surface area contributed by atoms with Crippen molar-refractivity contribution in [2.75, 3.05) is 12.0 Å². The van der Waals surface area contributed by atoms with Crippen molar-refractivity contribution in [2.45, 2.75) is 12.8 Å². The van der Waals surface area contributed by atoms with Crippen molar-refractivity contribution in [3.8, 4) is 0 Å². The van der Waals surface area contributed by atoms with Crippen molar-refractivity contribution in [1.29, 1.82) is 0 Å². The van der Waals surface area contributed by atoms with Gasteiger partial charge in [-0.15, -0.1) is 0 Å². The number of halogens is 1. The van der Waals surface area contributed by atoms with Crippen LogP contribution < -0.4 is 5.43 Å². The molecule has 0 bridgehead atoms. The molecule has 4 nitrogen and oxygen atoms in total. The molecule has 0 unspecified atom stereocenters. The quantitative estimate of drug-likeness (QED) is 0.794.